The molecule has 1 atom stereocenters. The predicted octanol–water partition coefficient (Wildman–Crippen LogP) is 2.35. The molecule has 1 saturated heterocycles. The predicted molar refractivity (Wildman–Crippen MR) is 53.5 cm³/mol. The molecule has 2 nitrogen and oxygen atoms in total. The molecule has 0 radical (unpaired) electrons. The van der Waals surface area contributed by atoms with Crippen molar-refractivity contribution in [3.05, 3.63) is 47.9 Å². The topological polar surface area (TPSA) is 29.3 Å². The molecule has 1 aromatic rings. The van der Waals surface area contributed by atoms with Crippen LogP contribution in [0.5, 0.6) is 0 Å². The molecule has 74 valence electrons. The number of halogens is 1. The van der Waals surface area contributed by atoms with Gasteiger partial charge in [0.2, 0.25) is 0 Å². The second kappa shape index (κ2) is 3.42. The molecule has 14 heavy (non-hydrogen) atoms. The molecule has 0 bridgehead atoms. The fourth-order valence-corrected chi connectivity index (χ4v) is 1.84. The first-order valence-corrected chi connectivity index (χ1v) is 4.66. The normalized spacial score (nSPS) is 21.7. The minimum absolute atomic E-state index is 0.0521. The number of hydrogen-bond donors (Lipinski definition) is 1. The minimum Gasteiger partial charge on any atom is -0.308 e. The second-order valence-corrected chi connectivity index (χ2v) is 3.55. The molecule has 0 spiro atoms. The highest BCUT2D eigenvalue weighted by atomic mass is 19.1. The number of nitrogens with two attached hydrogens (primary N) is 1. The molecular weight excluding hydrogens is 179 g/mol. The van der Waals surface area contributed by atoms with Crippen LogP contribution in [0.1, 0.15) is 24.4 Å². The molecule has 0 amide bonds. The van der Waals surface area contributed by atoms with Crippen LogP contribution >= 0.6 is 0 Å². The van der Waals surface area contributed by atoms with Crippen LogP contribution in [0.4, 0.5) is 4.39 Å². The smallest absolute Gasteiger partial charge is 0.128 e. The Morgan fingerprint density at radius 1 is 1.43 bits per heavy atom. The van der Waals surface area contributed by atoms with Crippen molar-refractivity contribution in [2.75, 3.05) is 0 Å². The van der Waals surface area contributed by atoms with Crippen LogP contribution in [-0.4, -0.2) is 5.01 Å². The second-order valence-electron chi connectivity index (χ2n) is 3.55. The van der Waals surface area contributed by atoms with E-state index in [-0.39, 0.29) is 11.9 Å². The fraction of sp³-hybridized carbons (Fsp3) is 0.273. The van der Waals surface area contributed by atoms with Gasteiger partial charge in [0, 0.05) is 11.3 Å². The first kappa shape index (κ1) is 9.21. The highest BCUT2D eigenvalue weighted by Gasteiger charge is 2.27. The summed E-state index contributed by atoms with van der Waals surface area (Å²) in [6.07, 6.45) is 1.69. The number of benzene rings is 1. The van der Waals surface area contributed by atoms with Crippen molar-refractivity contribution >= 4 is 0 Å². The van der Waals surface area contributed by atoms with E-state index < -0.39 is 0 Å². The lowest BCUT2D eigenvalue weighted by Crippen LogP contribution is -2.29. The van der Waals surface area contributed by atoms with Gasteiger partial charge in [-0.15, -0.1) is 0 Å². The number of hydrazine groups is 1. The lowest BCUT2D eigenvalue weighted by molar-refractivity contribution is 0.303. The first-order chi connectivity index (χ1) is 6.70. The molecule has 0 saturated carbocycles. The van der Waals surface area contributed by atoms with Crippen LogP contribution in [-0.2, 0) is 0 Å². The summed E-state index contributed by atoms with van der Waals surface area (Å²) in [4.78, 5) is 0. The molecule has 1 heterocycles. The maximum atomic E-state index is 13.4. The number of rotatable bonds is 1. The van der Waals surface area contributed by atoms with Gasteiger partial charge in [0.05, 0.1) is 6.04 Å². The van der Waals surface area contributed by atoms with Crippen molar-refractivity contribution in [1.82, 2.24) is 5.01 Å². The highest BCUT2D eigenvalue weighted by molar-refractivity contribution is 5.24. The summed E-state index contributed by atoms with van der Waals surface area (Å²) in [6.45, 7) is 3.82. The Hall–Kier alpha value is -1.35. The minimum atomic E-state index is -0.192. The van der Waals surface area contributed by atoms with Crippen molar-refractivity contribution in [1.29, 1.82) is 0 Å². The van der Waals surface area contributed by atoms with E-state index in [1.165, 1.54) is 6.07 Å². The van der Waals surface area contributed by atoms with E-state index in [1.54, 1.807) is 17.1 Å². The Bertz CT molecular complexity index is 362. The van der Waals surface area contributed by atoms with E-state index in [4.69, 9.17) is 5.84 Å². The van der Waals surface area contributed by atoms with Crippen LogP contribution in [0, 0.1) is 5.82 Å². The zero-order valence-corrected chi connectivity index (χ0v) is 7.91. The van der Waals surface area contributed by atoms with E-state index in [9.17, 15) is 4.39 Å². The van der Waals surface area contributed by atoms with Crippen LogP contribution in [0.3, 0.4) is 0 Å². The van der Waals surface area contributed by atoms with Crippen molar-refractivity contribution in [3.8, 4) is 0 Å². The molecule has 3 heteroatoms. The number of hydrogen-bond acceptors (Lipinski definition) is 2. The van der Waals surface area contributed by atoms with Crippen LogP contribution in [0.25, 0.3) is 0 Å². The van der Waals surface area contributed by atoms with Gasteiger partial charge in [0.15, 0.2) is 0 Å². The quantitative estimate of drug-likeness (QED) is 0.692. The summed E-state index contributed by atoms with van der Waals surface area (Å²) in [5.41, 5.74) is 1.53. The molecule has 0 aromatic heterocycles. The van der Waals surface area contributed by atoms with Gasteiger partial charge in [-0.25, -0.2) is 10.2 Å². The van der Waals surface area contributed by atoms with Crippen LogP contribution < -0.4 is 5.84 Å². The SMILES string of the molecule is C=C1CCC(c2ccccc2F)N1N. The van der Waals surface area contributed by atoms with Gasteiger partial charge < -0.3 is 5.01 Å². The van der Waals surface area contributed by atoms with Gasteiger partial charge in [-0.2, -0.15) is 0 Å². The van der Waals surface area contributed by atoms with Gasteiger partial charge in [0.25, 0.3) is 0 Å². The summed E-state index contributed by atoms with van der Waals surface area (Å²) < 4.78 is 13.4. The number of allylic oxidation sites excluding steroid dienone is 1. The molecule has 1 unspecified atom stereocenters. The van der Waals surface area contributed by atoms with Crippen LogP contribution in [0.15, 0.2) is 36.5 Å². The molecular formula is C11H13FN2. The summed E-state index contributed by atoms with van der Waals surface area (Å²) in [6, 6.07) is 6.70. The van der Waals surface area contributed by atoms with Gasteiger partial charge in [-0.3, -0.25) is 0 Å². The van der Waals surface area contributed by atoms with E-state index in [2.05, 4.69) is 6.58 Å². The Morgan fingerprint density at radius 3 is 2.71 bits per heavy atom. The maximum absolute atomic E-state index is 13.4. The summed E-state index contributed by atoms with van der Waals surface area (Å²) >= 11 is 0. The van der Waals surface area contributed by atoms with E-state index in [0.29, 0.717) is 5.56 Å². The average molecular weight is 192 g/mol. The lowest BCUT2D eigenvalue weighted by Gasteiger charge is -2.22. The highest BCUT2D eigenvalue weighted by Crippen LogP contribution is 2.35. The molecule has 1 aliphatic rings. The molecule has 1 aromatic carbocycles. The maximum Gasteiger partial charge on any atom is 0.128 e. The van der Waals surface area contributed by atoms with Crippen molar-refractivity contribution in [2.45, 2.75) is 18.9 Å². The molecule has 2 N–H and O–H groups in total. The Balaban J connectivity index is 2.32. The Kier molecular flexibility index (Phi) is 2.25. The van der Waals surface area contributed by atoms with E-state index >= 15 is 0 Å². The van der Waals surface area contributed by atoms with E-state index in [1.807, 2.05) is 6.07 Å². The zero-order valence-electron chi connectivity index (χ0n) is 7.91. The Labute approximate surface area is 82.8 Å². The van der Waals surface area contributed by atoms with Gasteiger partial charge in [-0.1, -0.05) is 24.8 Å². The molecule has 2 rings (SSSR count). The standard InChI is InChI=1S/C11H13FN2/c1-8-6-7-11(14(8)13)9-4-2-3-5-10(9)12/h2-5,11H,1,6-7,13H2. The van der Waals surface area contributed by atoms with Crippen molar-refractivity contribution < 1.29 is 4.39 Å². The average Bonchev–Trinajstić information content (AvgIpc) is 2.49. The monoisotopic (exact) mass is 192 g/mol. The number of nitrogens with zero attached hydrogens (tertiary/aromatic N) is 1. The molecule has 0 aliphatic carbocycles. The third-order valence-electron chi connectivity index (χ3n) is 2.67. The molecule has 1 fully saturated rings. The summed E-state index contributed by atoms with van der Waals surface area (Å²) in [5.74, 6) is 5.60. The largest absolute Gasteiger partial charge is 0.308 e. The summed E-state index contributed by atoms with van der Waals surface area (Å²) in [7, 11) is 0. The van der Waals surface area contributed by atoms with Crippen molar-refractivity contribution in [2.24, 2.45) is 5.84 Å². The van der Waals surface area contributed by atoms with E-state index in [0.717, 1.165) is 18.5 Å². The van der Waals surface area contributed by atoms with Crippen LogP contribution in [0.2, 0.25) is 0 Å². The van der Waals surface area contributed by atoms with Gasteiger partial charge in [-0.05, 0) is 18.9 Å². The third kappa shape index (κ3) is 1.40. The zero-order chi connectivity index (χ0) is 10.1. The first-order valence-electron chi connectivity index (χ1n) is 4.66. The molecule has 1 aliphatic heterocycles. The fourth-order valence-electron chi connectivity index (χ4n) is 1.84. The lowest BCUT2D eigenvalue weighted by atomic mass is 10.0. The van der Waals surface area contributed by atoms with Gasteiger partial charge >= 0.3 is 0 Å². The van der Waals surface area contributed by atoms with Gasteiger partial charge in [0.1, 0.15) is 5.82 Å². The van der Waals surface area contributed by atoms with Crippen molar-refractivity contribution in [3.63, 3.8) is 0 Å². The third-order valence-corrected chi connectivity index (χ3v) is 2.67. The Morgan fingerprint density at radius 2 is 2.14 bits per heavy atom. The summed E-state index contributed by atoms with van der Waals surface area (Å²) in [5, 5.41) is 1.57.